The molecule has 1 fully saturated rings. The van der Waals surface area contributed by atoms with E-state index in [1.54, 1.807) is 12.1 Å². The van der Waals surface area contributed by atoms with Crippen molar-refractivity contribution in [1.29, 1.82) is 0 Å². The summed E-state index contributed by atoms with van der Waals surface area (Å²) in [4.78, 5) is 18.2. The van der Waals surface area contributed by atoms with E-state index in [-0.39, 0.29) is 19.1 Å². The van der Waals surface area contributed by atoms with Crippen molar-refractivity contribution in [2.75, 3.05) is 26.7 Å². The van der Waals surface area contributed by atoms with Gasteiger partial charge in [0, 0.05) is 36.8 Å². The van der Waals surface area contributed by atoms with Crippen molar-refractivity contribution in [3.05, 3.63) is 76.9 Å². The smallest absolute Gasteiger partial charge is 0.254 e. The molecule has 1 saturated heterocycles. The zero-order valence-electron chi connectivity index (χ0n) is 21.4. The first-order valence-corrected chi connectivity index (χ1v) is 13.0. The van der Waals surface area contributed by atoms with Crippen molar-refractivity contribution in [1.82, 2.24) is 9.80 Å². The van der Waals surface area contributed by atoms with Gasteiger partial charge in [0.25, 0.3) is 5.91 Å². The molecular formula is C30H38N2O4. The van der Waals surface area contributed by atoms with Crippen LogP contribution in [0, 0.1) is 0 Å². The summed E-state index contributed by atoms with van der Waals surface area (Å²) in [6.45, 7) is 4.98. The Morgan fingerprint density at radius 3 is 2.58 bits per heavy atom. The number of nitrogens with zero attached hydrogens (tertiary/aromatic N) is 2. The maximum Gasteiger partial charge on any atom is 0.254 e. The number of aliphatic hydroxyl groups excluding tert-OH is 2. The highest BCUT2D eigenvalue weighted by Crippen LogP contribution is 2.27. The van der Waals surface area contributed by atoms with Gasteiger partial charge in [-0.3, -0.25) is 4.79 Å². The van der Waals surface area contributed by atoms with Crippen LogP contribution in [-0.2, 0) is 19.8 Å². The lowest BCUT2D eigenvalue weighted by Gasteiger charge is -2.34. The van der Waals surface area contributed by atoms with Gasteiger partial charge in [-0.25, -0.2) is 0 Å². The van der Waals surface area contributed by atoms with E-state index in [9.17, 15) is 15.0 Å². The van der Waals surface area contributed by atoms with E-state index in [1.807, 2.05) is 17.0 Å². The summed E-state index contributed by atoms with van der Waals surface area (Å²) in [6.07, 6.45) is 4.66. The second-order valence-corrected chi connectivity index (χ2v) is 9.77. The molecular weight excluding hydrogens is 452 g/mol. The second-order valence-electron chi connectivity index (χ2n) is 9.77. The monoisotopic (exact) mass is 490 g/mol. The second kappa shape index (κ2) is 12.3. The summed E-state index contributed by atoms with van der Waals surface area (Å²) >= 11 is 0. The van der Waals surface area contributed by atoms with E-state index in [0.717, 1.165) is 30.5 Å². The van der Waals surface area contributed by atoms with Gasteiger partial charge < -0.3 is 24.7 Å². The summed E-state index contributed by atoms with van der Waals surface area (Å²) < 4.78 is 5.44. The van der Waals surface area contributed by atoms with Gasteiger partial charge in [-0.05, 0) is 72.8 Å². The summed E-state index contributed by atoms with van der Waals surface area (Å²) in [7, 11) is 1.51. The molecule has 1 atom stereocenters. The van der Waals surface area contributed by atoms with Crippen molar-refractivity contribution in [3.63, 3.8) is 0 Å². The Morgan fingerprint density at radius 2 is 1.86 bits per heavy atom. The number of likely N-dealkylation sites (tertiary alicyclic amines) is 1. The summed E-state index contributed by atoms with van der Waals surface area (Å²) in [5, 5.41) is 21.9. The molecule has 1 unspecified atom stereocenters. The minimum Gasteiger partial charge on any atom is -0.496 e. The van der Waals surface area contributed by atoms with Crippen LogP contribution in [0.3, 0.4) is 0 Å². The molecule has 3 aromatic rings. The molecule has 1 amide bonds. The Kier molecular flexibility index (Phi) is 8.97. The highest BCUT2D eigenvalue weighted by Gasteiger charge is 2.22. The maximum absolute atomic E-state index is 13.8. The number of carbonyl (C=O) groups excluding carboxylic acids is 1. The minimum atomic E-state index is -0.273. The third-order valence-corrected chi connectivity index (χ3v) is 7.39. The fourth-order valence-corrected chi connectivity index (χ4v) is 5.28. The zero-order valence-corrected chi connectivity index (χ0v) is 21.4. The molecule has 2 N–H and O–H groups in total. The first-order chi connectivity index (χ1) is 17.5. The Bertz CT molecular complexity index is 1150. The van der Waals surface area contributed by atoms with Crippen LogP contribution in [0.25, 0.3) is 10.8 Å². The number of fused-ring (bicyclic) bond motifs is 1. The largest absolute Gasteiger partial charge is 0.496 e. The van der Waals surface area contributed by atoms with Crippen molar-refractivity contribution < 1.29 is 19.7 Å². The van der Waals surface area contributed by atoms with Crippen LogP contribution in [0.2, 0.25) is 0 Å². The molecule has 0 saturated carbocycles. The molecule has 0 aromatic heterocycles. The zero-order chi connectivity index (χ0) is 25.5. The Balaban J connectivity index is 1.59. The Hall–Kier alpha value is -2.93. The van der Waals surface area contributed by atoms with Crippen LogP contribution >= 0.6 is 0 Å². The van der Waals surface area contributed by atoms with E-state index >= 15 is 0 Å². The maximum atomic E-state index is 13.8. The standard InChI is InChI=1S/C30H38N2O4/c1-22-8-5-6-13-31(22)14-7-15-32(19-23-11-12-24-9-3-4-10-25(24)16-23)30(35)26-17-27(20-33)28(21-34)29(18-26)36-2/h3-4,9-12,16-18,22,33-34H,5-8,13-15,19-21H2,1-2H3. The predicted molar refractivity (Wildman–Crippen MR) is 143 cm³/mol. The highest BCUT2D eigenvalue weighted by atomic mass is 16.5. The number of carbonyl (C=O) groups is 1. The molecule has 192 valence electrons. The van der Waals surface area contributed by atoms with Crippen LogP contribution in [0.15, 0.2) is 54.6 Å². The average Bonchev–Trinajstić information content (AvgIpc) is 2.92. The van der Waals surface area contributed by atoms with Crippen LogP contribution in [0.1, 0.15) is 59.7 Å². The highest BCUT2D eigenvalue weighted by molar-refractivity contribution is 5.95. The summed E-state index contributed by atoms with van der Waals surface area (Å²) in [6, 6.07) is 18.5. The normalized spacial score (nSPS) is 16.3. The van der Waals surface area contributed by atoms with E-state index < -0.39 is 0 Å². The lowest BCUT2D eigenvalue weighted by Crippen LogP contribution is -2.40. The van der Waals surface area contributed by atoms with Crippen LogP contribution in [-0.4, -0.2) is 58.7 Å². The van der Waals surface area contributed by atoms with Crippen molar-refractivity contribution in [2.24, 2.45) is 0 Å². The predicted octanol–water partition coefficient (Wildman–Crippen LogP) is 4.74. The third-order valence-electron chi connectivity index (χ3n) is 7.39. The quantitative estimate of drug-likeness (QED) is 0.430. The van der Waals surface area contributed by atoms with Gasteiger partial charge >= 0.3 is 0 Å². The van der Waals surface area contributed by atoms with Crippen molar-refractivity contribution >= 4 is 16.7 Å². The fourth-order valence-electron chi connectivity index (χ4n) is 5.28. The van der Waals surface area contributed by atoms with Gasteiger partial charge in [-0.15, -0.1) is 0 Å². The number of ether oxygens (including phenoxy) is 1. The SMILES string of the molecule is COc1cc(C(=O)N(CCCN2CCCCC2C)Cc2ccc3ccccc3c2)cc(CO)c1CO. The van der Waals surface area contributed by atoms with Crippen LogP contribution in [0.4, 0.5) is 0 Å². The lowest BCUT2D eigenvalue weighted by atomic mass is 10.0. The average molecular weight is 491 g/mol. The Morgan fingerprint density at radius 1 is 1.06 bits per heavy atom. The van der Waals surface area contributed by atoms with Gasteiger partial charge in [-0.2, -0.15) is 0 Å². The Labute approximate surface area is 214 Å². The molecule has 1 heterocycles. The van der Waals surface area contributed by atoms with Gasteiger partial charge in [0.2, 0.25) is 0 Å². The first-order valence-electron chi connectivity index (χ1n) is 13.0. The number of rotatable bonds is 10. The minimum absolute atomic E-state index is 0.104. The number of aliphatic hydroxyl groups is 2. The number of hydrogen-bond acceptors (Lipinski definition) is 5. The molecule has 0 aliphatic carbocycles. The lowest BCUT2D eigenvalue weighted by molar-refractivity contribution is 0.0725. The molecule has 3 aromatic carbocycles. The van der Waals surface area contributed by atoms with Crippen LogP contribution < -0.4 is 4.74 Å². The summed E-state index contributed by atoms with van der Waals surface area (Å²) in [5.41, 5.74) is 2.56. The molecule has 6 heteroatoms. The number of hydrogen-bond donors (Lipinski definition) is 2. The molecule has 4 rings (SSSR count). The molecule has 36 heavy (non-hydrogen) atoms. The van der Waals surface area contributed by atoms with Gasteiger partial charge in [0.15, 0.2) is 0 Å². The molecule has 6 nitrogen and oxygen atoms in total. The molecule has 1 aliphatic rings. The van der Waals surface area contributed by atoms with Gasteiger partial charge in [0.1, 0.15) is 5.75 Å². The van der Waals surface area contributed by atoms with Crippen molar-refractivity contribution in [2.45, 2.75) is 58.4 Å². The number of benzene rings is 3. The van der Waals surface area contributed by atoms with E-state index in [0.29, 0.717) is 41.6 Å². The molecule has 0 spiro atoms. The van der Waals surface area contributed by atoms with E-state index in [2.05, 4.69) is 42.2 Å². The number of piperidine rings is 1. The van der Waals surface area contributed by atoms with Gasteiger partial charge in [0.05, 0.1) is 20.3 Å². The molecule has 0 radical (unpaired) electrons. The van der Waals surface area contributed by atoms with Gasteiger partial charge in [-0.1, -0.05) is 42.8 Å². The van der Waals surface area contributed by atoms with Crippen LogP contribution in [0.5, 0.6) is 5.75 Å². The molecule has 0 bridgehead atoms. The fraction of sp³-hybridized carbons (Fsp3) is 0.433. The number of methoxy groups -OCH3 is 1. The first kappa shape index (κ1) is 26.1. The molecule has 1 aliphatic heterocycles. The van der Waals surface area contributed by atoms with E-state index in [1.165, 1.54) is 31.8 Å². The van der Waals surface area contributed by atoms with E-state index in [4.69, 9.17) is 4.74 Å². The topological polar surface area (TPSA) is 73.2 Å². The third kappa shape index (κ3) is 6.06. The number of amides is 1. The summed E-state index contributed by atoms with van der Waals surface area (Å²) in [5.74, 6) is 0.313. The van der Waals surface area contributed by atoms with Crippen molar-refractivity contribution in [3.8, 4) is 5.75 Å².